The third kappa shape index (κ3) is 1.90. The van der Waals surface area contributed by atoms with Gasteiger partial charge in [0.1, 0.15) is 0 Å². The molecule has 1 atom stereocenters. The van der Waals surface area contributed by atoms with Gasteiger partial charge in [-0.15, -0.1) is 0 Å². The van der Waals surface area contributed by atoms with Gasteiger partial charge in [-0.1, -0.05) is 30.3 Å². The fourth-order valence-corrected chi connectivity index (χ4v) is 2.32. The molecule has 1 aliphatic heterocycles. The van der Waals surface area contributed by atoms with Crippen molar-refractivity contribution in [3.8, 4) is 0 Å². The lowest BCUT2D eigenvalue weighted by atomic mass is 9.89. The largest absolute Gasteiger partial charge is 0.453 e. The van der Waals surface area contributed by atoms with Crippen molar-refractivity contribution in [2.24, 2.45) is 0 Å². The van der Waals surface area contributed by atoms with Gasteiger partial charge in [-0.3, -0.25) is 9.69 Å². The number of ketones is 1. The third-order valence-electron chi connectivity index (χ3n) is 3.26. The van der Waals surface area contributed by atoms with E-state index >= 15 is 0 Å². The number of likely N-dealkylation sites (tertiary alicyclic amines) is 1. The number of ether oxygens (including phenoxy) is 1. The second-order valence-electron chi connectivity index (χ2n) is 4.41. The summed E-state index contributed by atoms with van der Waals surface area (Å²) in [7, 11) is 1.33. The van der Waals surface area contributed by atoms with Crippen LogP contribution in [-0.2, 0) is 15.1 Å². The number of Topliss-reactive ketones (excluding diaryl/α,β-unsaturated/α-hetero) is 1. The second-order valence-corrected chi connectivity index (χ2v) is 4.41. The first-order chi connectivity index (χ1) is 8.08. The Labute approximate surface area is 100 Å². The molecule has 17 heavy (non-hydrogen) atoms. The second kappa shape index (κ2) is 4.20. The van der Waals surface area contributed by atoms with Gasteiger partial charge in [-0.2, -0.15) is 0 Å². The smallest absolute Gasteiger partial charge is 0.410 e. The summed E-state index contributed by atoms with van der Waals surface area (Å²) in [6, 6.07) is 9.56. The highest BCUT2D eigenvalue weighted by Gasteiger charge is 2.45. The summed E-state index contributed by atoms with van der Waals surface area (Å²) < 4.78 is 4.73. The molecule has 0 aromatic heterocycles. The maximum atomic E-state index is 11.7. The van der Waals surface area contributed by atoms with E-state index in [1.807, 2.05) is 37.3 Å². The summed E-state index contributed by atoms with van der Waals surface area (Å²) in [4.78, 5) is 24.8. The van der Waals surface area contributed by atoms with Crippen molar-refractivity contribution in [2.75, 3.05) is 13.7 Å². The minimum Gasteiger partial charge on any atom is -0.453 e. The SMILES string of the molecule is COC(=O)N1CC(=O)C[C@@]1(C)c1ccccc1. The molecule has 1 fully saturated rings. The topological polar surface area (TPSA) is 46.6 Å². The average molecular weight is 233 g/mol. The van der Waals surface area contributed by atoms with Crippen LogP contribution >= 0.6 is 0 Å². The molecule has 0 N–H and O–H groups in total. The number of carbonyl (C=O) groups is 2. The van der Waals surface area contributed by atoms with Gasteiger partial charge >= 0.3 is 6.09 Å². The van der Waals surface area contributed by atoms with Crippen molar-refractivity contribution in [2.45, 2.75) is 18.9 Å². The Morgan fingerprint density at radius 1 is 1.35 bits per heavy atom. The Kier molecular flexibility index (Phi) is 2.88. The molecule has 1 aromatic rings. The Morgan fingerprint density at radius 3 is 2.59 bits per heavy atom. The highest BCUT2D eigenvalue weighted by molar-refractivity contribution is 5.89. The molecule has 0 radical (unpaired) electrons. The van der Waals surface area contributed by atoms with Crippen LogP contribution in [0.5, 0.6) is 0 Å². The number of carbonyl (C=O) groups excluding carboxylic acids is 2. The van der Waals surface area contributed by atoms with Crippen LogP contribution in [0.1, 0.15) is 18.9 Å². The molecule has 1 aliphatic rings. The van der Waals surface area contributed by atoms with Crippen molar-refractivity contribution in [1.29, 1.82) is 0 Å². The van der Waals surface area contributed by atoms with Crippen LogP contribution in [0.2, 0.25) is 0 Å². The molecule has 0 unspecified atom stereocenters. The van der Waals surface area contributed by atoms with E-state index in [0.29, 0.717) is 6.42 Å². The minimum atomic E-state index is -0.592. The summed E-state index contributed by atoms with van der Waals surface area (Å²) in [5.74, 6) is 0.0572. The fourth-order valence-electron chi connectivity index (χ4n) is 2.32. The van der Waals surface area contributed by atoms with E-state index < -0.39 is 11.6 Å². The van der Waals surface area contributed by atoms with Crippen molar-refractivity contribution >= 4 is 11.9 Å². The van der Waals surface area contributed by atoms with E-state index in [1.54, 1.807) is 0 Å². The summed E-state index contributed by atoms with van der Waals surface area (Å²) in [6.07, 6.45) is -0.117. The number of hydrogen-bond acceptors (Lipinski definition) is 3. The van der Waals surface area contributed by atoms with Gasteiger partial charge in [0.2, 0.25) is 0 Å². The predicted octanol–water partition coefficient (Wildman–Crippen LogP) is 1.94. The molecule has 1 heterocycles. The Morgan fingerprint density at radius 2 is 2.00 bits per heavy atom. The third-order valence-corrected chi connectivity index (χ3v) is 3.26. The van der Waals surface area contributed by atoms with E-state index in [2.05, 4.69) is 0 Å². The molecule has 2 rings (SSSR count). The summed E-state index contributed by atoms with van der Waals surface area (Å²) >= 11 is 0. The van der Waals surface area contributed by atoms with Crippen LogP contribution in [0, 0.1) is 0 Å². The summed E-state index contributed by atoms with van der Waals surface area (Å²) in [6.45, 7) is 2.02. The highest BCUT2D eigenvalue weighted by atomic mass is 16.5. The highest BCUT2D eigenvalue weighted by Crippen LogP contribution is 2.37. The lowest BCUT2D eigenvalue weighted by Gasteiger charge is -2.33. The predicted molar refractivity (Wildman–Crippen MR) is 62.5 cm³/mol. The Balaban J connectivity index is 2.40. The zero-order chi connectivity index (χ0) is 12.5. The van der Waals surface area contributed by atoms with Gasteiger partial charge in [0.15, 0.2) is 5.78 Å². The summed E-state index contributed by atoms with van der Waals surface area (Å²) in [5.41, 5.74) is 0.363. The Bertz CT molecular complexity index is 443. The molecular weight excluding hydrogens is 218 g/mol. The normalized spacial score (nSPS) is 23.9. The van der Waals surface area contributed by atoms with Crippen LogP contribution in [0.15, 0.2) is 30.3 Å². The van der Waals surface area contributed by atoms with Crippen molar-refractivity contribution in [3.05, 3.63) is 35.9 Å². The van der Waals surface area contributed by atoms with E-state index in [1.165, 1.54) is 12.0 Å². The number of hydrogen-bond donors (Lipinski definition) is 0. The van der Waals surface area contributed by atoms with Gasteiger partial charge in [0.05, 0.1) is 19.2 Å². The van der Waals surface area contributed by atoms with E-state index in [-0.39, 0.29) is 12.3 Å². The van der Waals surface area contributed by atoms with E-state index in [0.717, 1.165) is 5.56 Å². The number of nitrogens with zero attached hydrogens (tertiary/aromatic N) is 1. The van der Waals surface area contributed by atoms with Gasteiger partial charge in [0, 0.05) is 6.42 Å². The zero-order valence-electron chi connectivity index (χ0n) is 9.97. The molecule has 90 valence electrons. The quantitative estimate of drug-likeness (QED) is 0.744. The number of benzene rings is 1. The van der Waals surface area contributed by atoms with Crippen molar-refractivity contribution in [3.63, 3.8) is 0 Å². The maximum absolute atomic E-state index is 11.7. The van der Waals surface area contributed by atoms with Gasteiger partial charge < -0.3 is 4.74 Å². The fraction of sp³-hybridized carbons (Fsp3) is 0.385. The van der Waals surface area contributed by atoms with Crippen LogP contribution in [0.4, 0.5) is 4.79 Å². The molecule has 0 spiro atoms. The zero-order valence-corrected chi connectivity index (χ0v) is 9.97. The monoisotopic (exact) mass is 233 g/mol. The maximum Gasteiger partial charge on any atom is 0.410 e. The number of methoxy groups -OCH3 is 1. The van der Waals surface area contributed by atoms with Crippen LogP contribution < -0.4 is 0 Å². The molecule has 1 aromatic carbocycles. The minimum absolute atomic E-state index is 0.0572. The molecule has 0 aliphatic carbocycles. The van der Waals surface area contributed by atoms with Crippen LogP contribution in [0.3, 0.4) is 0 Å². The van der Waals surface area contributed by atoms with Crippen molar-refractivity contribution < 1.29 is 14.3 Å². The van der Waals surface area contributed by atoms with Crippen molar-refractivity contribution in [1.82, 2.24) is 4.90 Å². The Hall–Kier alpha value is -1.84. The van der Waals surface area contributed by atoms with Gasteiger partial charge in [-0.25, -0.2) is 4.79 Å². The molecule has 1 amide bonds. The first-order valence-corrected chi connectivity index (χ1v) is 5.51. The lowest BCUT2D eigenvalue weighted by molar-refractivity contribution is -0.117. The average Bonchev–Trinajstić information content (AvgIpc) is 2.66. The van der Waals surface area contributed by atoms with Gasteiger partial charge in [0.25, 0.3) is 0 Å². The molecule has 4 nitrogen and oxygen atoms in total. The standard InChI is InChI=1S/C13H15NO3/c1-13(10-6-4-3-5-7-10)8-11(15)9-14(13)12(16)17-2/h3-7H,8-9H2,1-2H3/t13-/m0/s1. The number of rotatable bonds is 1. The molecule has 1 saturated heterocycles. The van der Waals surface area contributed by atoms with Crippen LogP contribution in [-0.4, -0.2) is 30.4 Å². The van der Waals surface area contributed by atoms with Crippen LogP contribution in [0.25, 0.3) is 0 Å². The molecule has 0 saturated carbocycles. The van der Waals surface area contributed by atoms with E-state index in [9.17, 15) is 9.59 Å². The first-order valence-electron chi connectivity index (χ1n) is 5.51. The lowest BCUT2D eigenvalue weighted by Crippen LogP contribution is -2.42. The molecule has 0 bridgehead atoms. The first kappa shape index (κ1) is 11.6. The molecular formula is C13H15NO3. The number of amides is 1. The summed E-state index contributed by atoms with van der Waals surface area (Å²) in [5, 5.41) is 0. The molecule has 4 heteroatoms. The van der Waals surface area contributed by atoms with Gasteiger partial charge in [-0.05, 0) is 12.5 Å². The van der Waals surface area contributed by atoms with E-state index in [4.69, 9.17) is 4.74 Å².